The largest absolute Gasteiger partial charge is 0.352 e. The Bertz CT molecular complexity index is 914. The predicted octanol–water partition coefficient (Wildman–Crippen LogP) is 4.00. The quantitative estimate of drug-likeness (QED) is 0.685. The third-order valence-electron chi connectivity index (χ3n) is 5.45. The lowest BCUT2D eigenvalue weighted by molar-refractivity contribution is 0.0954. The summed E-state index contributed by atoms with van der Waals surface area (Å²) in [6.07, 6.45) is 4.64. The molecule has 0 bridgehead atoms. The summed E-state index contributed by atoms with van der Waals surface area (Å²) >= 11 is 0. The highest BCUT2D eigenvalue weighted by Gasteiger charge is 2.22. The minimum atomic E-state index is -3.46. The normalized spacial score (nSPS) is 15.0. The Balaban J connectivity index is 1.50. The zero-order valence-electron chi connectivity index (χ0n) is 17.1. The van der Waals surface area contributed by atoms with Crippen molar-refractivity contribution < 1.29 is 13.2 Å². The average Bonchev–Trinajstić information content (AvgIpc) is 3.20. The van der Waals surface area contributed by atoms with Crippen LogP contribution in [-0.2, 0) is 16.4 Å². The van der Waals surface area contributed by atoms with E-state index in [4.69, 9.17) is 0 Å². The standard InChI is InChI=1S/C23H30N2O3S/c1-17(2)19-9-11-20(12-10-19)23(26)24-16-15-18-7-13-22(14-8-18)29(27,28)25-21-5-3-4-6-21/h7-14,17,21,25H,3-6,15-16H2,1-2H3,(H,24,26). The van der Waals surface area contributed by atoms with Crippen molar-refractivity contribution in [1.82, 2.24) is 10.0 Å². The maximum Gasteiger partial charge on any atom is 0.251 e. The van der Waals surface area contributed by atoms with Crippen LogP contribution in [0.15, 0.2) is 53.4 Å². The second kappa shape index (κ2) is 9.55. The molecule has 2 aromatic carbocycles. The van der Waals surface area contributed by atoms with Crippen molar-refractivity contribution >= 4 is 15.9 Å². The first-order valence-electron chi connectivity index (χ1n) is 10.3. The van der Waals surface area contributed by atoms with Gasteiger partial charge in [-0.3, -0.25) is 4.79 Å². The monoisotopic (exact) mass is 414 g/mol. The zero-order chi connectivity index (χ0) is 20.9. The fourth-order valence-corrected chi connectivity index (χ4v) is 4.91. The fourth-order valence-electron chi connectivity index (χ4n) is 3.61. The molecule has 156 valence electrons. The molecule has 2 N–H and O–H groups in total. The molecule has 5 nitrogen and oxygen atoms in total. The van der Waals surface area contributed by atoms with Crippen LogP contribution < -0.4 is 10.0 Å². The SMILES string of the molecule is CC(C)c1ccc(C(=O)NCCc2ccc(S(=O)(=O)NC3CCCC3)cc2)cc1. The molecule has 0 unspecified atom stereocenters. The summed E-state index contributed by atoms with van der Waals surface area (Å²) in [7, 11) is -3.46. The molecule has 0 saturated heterocycles. The summed E-state index contributed by atoms with van der Waals surface area (Å²) in [6.45, 7) is 4.74. The van der Waals surface area contributed by atoms with E-state index in [0.717, 1.165) is 31.2 Å². The molecule has 1 aliphatic carbocycles. The van der Waals surface area contributed by atoms with Crippen molar-refractivity contribution in [2.24, 2.45) is 0 Å². The van der Waals surface area contributed by atoms with Crippen LogP contribution in [-0.4, -0.2) is 26.9 Å². The third kappa shape index (κ3) is 5.90. The minimum absolute atomic E-state index is 0.0597. The van der Waals surface area contributed by atoms with Crippen LogP contribution in [0.3, 0.4) is 0 Å². The second-order valence-corrected chi connectivity index (χ2v) is 9.74. The van der Waals surface area contributed by atoms with E-state index in [2.05, 4.69) is 23.9 Å². The lowest BCUT2D eigenvalue weighted by atomic mass is 10.0. The van der Waals surface area contributed by atoms with Gasteiger partial charge in [-0.15, -0.1) is 0 Å². The van der Waals surface area contributed by atoms with Gasteiger partial charge in [-0.05, 0) is 60.6 Å². The summed E-state index contributed by atoms with van der Waals surface area (Å²) in [5, 5.41) is 2.92. The lowest BCUT2D eigenvalue weighted by Crippen LogP contribution is -2.32. The van der Waals surface area contributed by atoms with Crippen molar-refractivity contribution in [1.29, 1.82) is 0 Å². The van der Waals surface area contributed by atoms with Crippen molar-refractivity contribution in [2.45, 2.75) is 62.8 Å². The van der Waals surface area contributed by atoms with Gasteiger partial charge in [0.2, 0.25) is 10.0 Å². The molecule has 0 atom stereocenters. The maximum atomic E-state index is 12.5. The summed E-state index contributed by atoms with van der Waals surface area (Å²) in [6, 6.07) is 14.6. The van der Waals surface area contributed by atoms with Crippen LogP contribution in [0.1, 0.15) is 66.9 Å². The van der Waals surface area contributed by atoms with Crippen molar-refractivity contribution in [3.8, 4) is 0 Å². The molecule has 6 heteroatoms. The van der Waals surface area contributed by atoms with Gasteiger partial charge < -0.3 is 5.32 Å². The van der Waals surface area contributed by atoms with Crippen LogP contribution in [0.25, 0.3) is 0 Å². The van der Waals surface area contributed by atoms with Gasteiger partial charge in [0, 0.05) is 18.2 Å². The third-order valence-corrected chi connectivity index (χ3v) is 6.99. The first-order chi connectivity index (χ1) is 13.8. The van der Waals surface area contributed by atoms with E-state index >= 15 is 0 Å². The molecule has 0 radical (unpaired) electrons. The van der Waals surface area contributed by atoms with E-state index < -0.39 is 10.0 Å². The molecular formula is C23H30N2O3S. The van der Waals surface area contributed by atoms with Crippen LogP contribution in [0.4, 0.5) is 0 Å². The molecule has 0 aliphatic heterocycles. The average molecular weight is 415 g/mol. The van der Waals surface area contributed by atoms with E-state index in [-0.39, 0.29) is 11.9 Å². The van der Waals surface area contributed by atoms with Gasteiger partial charge in [0.15, 0.2) is 0 Å². The number of carbonyl (C=O) groups excluding carboxylic acids is 1. The Labute approximate surface area is 174 Å². The first kappa shape index (κ1) is 21.5. The molecule has 1 aliphatic rings. The molecule has 0 spiro atoms. The van der Waals surface area contributed by atoms with Gasteiger partial charge >= 0.3 is 0 Å². The van der Waals surface area contributed by atoms with E-state index in [1.807, 2.05) is 36.4 Å². The molecule has 3 rings (SSSR count). The Kier molecular flexibility index (Phi) is 7.09. The molecular weight excluding hydrogens is 384 g/mol. The zero-order valence-corrected chi connectivity index (χ0v) is 18.0. The van der Waals surface area contributed by atoms with Crippen molar-refractivity contribution in [2.75, 3.05) is 6.54 Å². The predicted molar refractivity (Wildman–Crippen MR) is 116 cm³/mol. The highest BCUT2D eigenvalue weighted by atomic mass is 32.2. The number of sulfonamides is 1. The smallest absolute Gasteiger partial charge is 0.251 e. The Morgan fingerprint density at radius 3 is 2.21 bits per heavy atom. The van der Waals surface area contributed by atoms with E-state index in [1.165, 1.54) is 5.56 Å². The Morgan fingerprint density at radius 1 is 1.00 bits per heavy atom. The van der Waals surface area contributed by atoms with Gasteiger partial charge in [0.1, 0.15) is 0 Å². The van der Waals surface area contributed by atoms with Crippen molar-refractivity contribution in [3.63, 3.8) is 0 Å². The molecule has 1 fully saturated rings. The van der Waals surface area contributed by atoms with Gasteiger partial charge in [-0.2, -0.15) is 0 Å². The minimum Gasteiger partial charge on any atom is -0.352 e. The van der Waals surface area contributed by atoms with Crippen molar-refractivity contribution in [3.05, 3.63) is 65.2 Å². The summed E-state index contributed by atoms with van der Waals surface area (Å²) in [5.74, 6) is 0.340. The lowest BCUT2D eigenvalue weighted by Gasteiger charge is -2.13. The molecule has 1 saturated carbocycles. The Hall–Kier alpha value is -2.18. The van der Waals surface area contributed by atoms with E-state index in [9.17, 15) is 13.2 Å². The van der Waals surface area contributed by atoms with Crippen LogP contribution in [0.2, 0.25) is 0 Å². The van der Waals surface area contributed by atoms with Gasteiger partial charge in [0.25, 0.3) is 5.91 Å². The fraction of sp³-hybridized carbons (Fsp3) is 0.435. The summed E-state index contributed by atoms with van der Waals surface area (Å²) in [4.78, 5) is 12.6. The number of hydrogen-bond donors (Lipinski definition) is 2. The first-order valence-corrected chi connectivity index (χ1v) is 11.8. The maximum absolute atomic E-state index is 12.5. The van der Waals surface area contributed by atoms with Crippen LogP contribution in [0.5, 0.6) is 0 Å². The summed E-state index contributed by atoms with van der Waals surface area (Å²) < 4.78 is 27.7. The van der Waals surface area contributed by atoms with Crippen LogP contribution >= 0.6 is 0 Å². The number of hydrogen-bond acceptors (Lipinski definition) is 3. The highest BCUT2D eigenvalue weighted by molar-refractivity contribution is 7.89. The van der Waals surface area contributed by atoms with Gasteiger partial charge in [-0.25, -0.2) is 13.1 Å². The number of amides is 1. The van der Waals surface area contributed by atoms with Crippen LogP contribution in [0, 0.1) is 0 Å². The Morgan fingerprint density at radius 2 is 1.62 bits per heavy atom. The van der Waals surface area contributed by atoms with E-state index in [0.29, 0.717) is 29.3 Å². The second-order valence-electron chi connectivity index (χ2n) is 8.03. The number of benzene rings is 2. The molecule has 0 heterocycles. The molecule has 2 aromatic rings. The number of carbonyl (C=O) groups is 1. The number of rotatable bonds is 8. The molecule has 1 amide bonds. The summed E-state index contributed by atoms with van der Waals surface area (Å²) in [5.41, 5.74) is 2.84. The molecule has 29 heavy (non-hydrogen) atoms. The molecule has 0 aromatic heterocycles. The highest BCUT2D eigenvalue weighted by Crippen LogP contribution is 2.20. The topological polar surface area (TPSA) is 75.3 Å². The van der Waals surface area contributed by atoms with Gasteiger partial charge in [-0.1, -0.05) is 51.0 Å². The van der Waals surface area contributed by atoms with E-state index in [1.54, 1.807) is 12.1 Å². The number of nitrogens with one attached hydrogen (secondary N) is 2. The van der Waals surface area contributed by atoms with Gasteiger partial charge in [0.05, 0.1) is 4.90 Å².